The number of hydrogen-bond acceptors (Lipinski definition) is 3. The molecule has 0 spiro atoms. The zero-order valence-electron chi connectivity index (χ0n) is 12.0. The monoisotopic (exact) mass is 300 g/mol. The summed E-state index contributed by atoms with van der Waals surface area (Å²) in [6.45, 7) is 1.55. The molecular weight excluding hydrogens is 280 g/mol. The van der Waals surface area contributed by atoms with Gasteiger partial charge in [0.25, 0.3) is 0 Å². The van der Waals surface area contributed by atoms with Crippen LogP contribution in [0.4, 0.5) is 0 Å². The predicted octanol–water partition coefficient (Wildman–Crippen LogP) is 3.63. The van der Waals surface area contributed by atoms with E-state index < -0.39 is 0 Å². The third-order valence-corrected chi connectivity index (χ3v) is 3.87. The molecule has 1 N–H and O–H groups in total. The van der Waals surface area contributed by atoms with Gasteiger partial charge in [0, 0.05) is 28.8 Å². The molecule has 0 saturated carbocycles. The lowest BCUT2D eigenvalue weighted by Crippen LogP contribution is -1.96. The van der Waals surface area contributed by atoms with Crippen molar-refractivity contribution in [3.05, 3.63) is 57.8 Å². The van der Waals surface area contributed by atoms with E-state index >= 15 is 0 Å². The lowest BCUT2D eigenvalue weighted by atomic mass is 10.1. The van der Waals surface area contributed by atoms with Crippen LogP contribution in [0.25, 0.3) is 0 Å². The van der Waals surface area contributed by atoms with Crippen molar-refractivity contribution in [1.29, 1.82) is 0 Å². The van der Waals surface area contributed by atoms with Crippen molar-refractivity contribution < 1.29 is 9.84 Å². The zero-order valence-corrected chi connectivity index (χ0v) is 12.9. The summed E-state index contributed by atoms with van der Waals surface area (Å²) in [6, 6.07) is 12.5. The number of thiophene rings is 1. The number of rotatable bonds is 7. The first-order chi connectivity index (χ1) is 10.4. The topological polar surface area (TPSA) is 29.5 Å². The Morgan fingerprint density at radius 2 is 2.05 bits per heavy atom. The highest BCUT2D eigenvalue weighted by molar-refractivity contribution is 7.10. The van der Waals surface area contributed by atoms with E-state index in [0.717, 1.165) is 25.0 Å². The van der Waals surface area contributed by atoms with Crippen LogP contribution in [-0.2, 0) is 17.8 Å². The fraction of sp³-hybridized carbons (Fsp3) is 0.333. The lowest BCUT2D eigenvalue weighted by molar-refractivity contribution is 0.121. The van der Waals surface area contributed by atoms with Crippen molar-refractivity contribution >= 4 is 11.3 Å². The van der Waals surface area contributed by atoms with E-state index in [-0.39, 0.29) is 6.61 Å². The van der Waals surface area contributed by atoms with E-state index in [1.807, 2.05) is 11.4 Å². The molecular formula is C18H20O2S. The number of benzene rings is 1. The van der Waals surface area contributed by atoms with Gasteiger partial charge in [-0.25, -0.2) is 0 Å². The fourth-order valence-electron chi connectivity index (χ4n) is 1.94. The Kier molecular flexibility index (Phi) is 7.03. The molecule has 1 aromatic carbocycles. The van der Waals surface area contributed by atoms with Crippen molar-refractivity contribution in [2.75, 3.05) is 13.2 Å². The van der Waals surface area contributed by atoms with E-state index in [2.05, 4.69) is 42.2 Å². The van der Waals surface area contributed by atoms with Gasteiger partial charge >= 0.3 is 0 Å². The summed E-state index contributed by atoms with van der Waals surface area (Å²) in [5.41, 5.74) is 2.37. The van der Waals surface area contributed by atoms with Gasteiger partial charge in [0.2, 0.25) is 0 Å². The van der Waals surface area contributed by atoms with E-state index in [0.29, 0.717) is 13.0 Å². The van der Waals surface area contributed by atoms with E-state index in [1.54, 1.807) is 11.3 Å². The average molecular weight is 300 g/mol. The second kappa shape index (κ2) is 9.36. The van der Waals surface area contributed by atoms with Gasteiger partial charge in [0.05, 0.1) is 13.2 Å². The molecule has 0 atom stereocenters. The van der Waals surface area contributed by atoms with Gasteiger partial charge in [0.15, 0.2) is 0 Å². The Morgan fingerprint density at radius 1 is 1.19 bits per heavy atom. The molecule has 2 aromatic rings. The minimum absolute atomic E-state index is 0.120. The molecule has 2 nitrogen and oxygen atoms in total. The summed E-state index contributed by atoms with van der Waals surface area (Å²) >= 11 is 1.67. The standard InChI is InChI=1S/C18H20O2S/c19-11-5-4-9-17-13-18(21-15-17)14-20-12-6-10-16-7-2-1-3-8-16/h1-3,7-8,13,15,19H,5-6,10-12,14H2. The van der Waals surface area contributed by atoms with Crippen LogP contribution >= 0.6 is 11.3 Å². The first-order valence-corrected chi connectivity index (χ1v) is 8.05. The summed E-state index contributed by atoms with van der Waals surface area (Å²) < 4.78 is 5.70. The third-order valence-electron chi connectivity index (χ3n) is 2.96. The Balaban J connectivity index is 1.64. The maximum Gasteiger partial charge on any atom is 0.0809 e. The third kappa shape index (κ3) is 6.14. The summed E-state index contributed by atoms with van der Waals surface area (Å²) in [4.78, 5) is 1.20. The molecule has 0 radical (unpaired) electrons. The van der Waals surface area contributed by atoms with Crippen LogP contribution < -0.4 is 0 Å². The molecule has 21 heavy (non-hydrogen) atoms. The molecule has 0 aliphatic heterocycles. The number of hydrogen-bond donors (Lipinski definition) is 1. The highest BCUT2D eigenvalue weighted by atomic mass is 32.1. The second-order valence-corrected chi connectivity index (χ2v) is 5.71. The number of aliphatic hydroxyl groups excluding tert-OH is 1. The van der Waals surface area contributed by atoms with E-state index in [4.69, 9.17) is 9.84 Å². The summed E-state index contributed by atoms with van der Waals surface area (Å²) in [5.74, 6) is 5.96. The molecule has 0 fully saturated rings. The summed E-state index contributed by atoms with van der Waals surface area (Å²) in [7, 11) is 0. The zero-order chi connectivity index (χ0) is 14.8. The highest BCUT2D eigenvalue weighted by Gasteiger charge is 1.98. The Morgan fingerprint density at radius 3 is 2.86 bits per heavy atom. The van der Waals surface area contributed by atoms with Gasteiger partial charge in [0.1, 0.15) is 0 Å². The quantitative estimate of drug-likeness (QED) is 0.625. The molecule has 3 heteroatoms. The SMILES string of the molecule is OCCC#Cc1csc(COCCCc2ccccc2)c1. The molecule has 0 aliphatic carbocycles. The highest BCUT2D eigenvalue weighted by Crippen LogP contribution is 2.15. The maximum absolute atomic E-state index is 8.68. The molecule has 0 saturated heterocycles. The van der Waals surface area contributed by atoms with Gasteiger partial charge in [-0.05, 0) is 24.5 Å². The number of aliphatic hydroxyl groups is 1. The molecule has 0 amide bonds. The molecule has 2 rings (SSSR count). The molecule has 0 aliphatic rings. The van der Waals surface area contributed by atoms with Crippen LogP contribution in [0, 0.1) is 11.8 Å². The van der Waals surface area contributed by atoms with Gasteiger partial charge < -0.3 is 9.84 Å². The number of ether oxygens (including phenoxy) is 1. The minimum Gasteiger partial charge on any atom is -0.395 e. The molecule has 1 heterocycles. The lowest BCUT2D eigenvalue weighted by Gasteiger charge is -2.03. The van der Waals surface area contributed by atoms with Crippen LogP contribution in [0.5, 0.6) is 0 Å². The van der Waals surface area contributed by atoms with Crippen molar-refractivity contribution in [2.45, 2.75) is 25.9 Å². The summed E-state index contributed by atoms with van der Waals surface area (Å²) in [6.07, 6.45) is 2.63. The minimum atomic E-state index is 0.120. The van der Waals surface area contributed by atoms with Crippen LogP contribution in [0.15, 0.2) is 41.8 Å². The Hall–Kier alpha value is -1.60. The first-order valence-electron chi connectivity index (χ1n) is 7.17. The molecule has 0 bridgehead atoms. The molecule has 110 valence electrons. The Labute approximate surface area is 130 Å². The fourth-order valence-corrected chi connectivity index (χ4v) is 2.69. The van der Waals surface area contributed by atoms with E-state index in [1.165, 1.54) is 10.4 Å². The van der Waals surface area contributed by atoms with Crippen molar-refractivity contribution in [3.63, 3.8) is 0 Å². The van der Waals surface area contributed by atoms with Gasteiger partial charge in [-0.3, -0.25) is 0 Å². The van der Waals surface area contributed by atoms with Gasteiger partial charge in [-0.1, -0.05) is 42.2 Å². The summed E-state index contributed by atoms with van der Waals surface area (Å²) in [5, 5.41) is 10.7. The average Bonchev–Trinajstić information content (AvgIpc) is 2.96. The smallest absolute Gasteiger partial charge is 0.0809 e. The van der Waals surface area contributed by atoms with E-state index in [9.17, 15) is 0 Å². The Bertz CT molecular complexity index is 578. The van der Waals surface area contributed by atoms with Crippen molar-refractivity contribution in [2.24, 2.45) is 0 Å². The maximum atomic E-state index is 8.68. The van der Waals surface area contributed by atoms with Crippen molar-refractivity contribution in [3.8, 4) is 11.8 Å². The van der Waals surface area contributed by atoms with Crippen LogP contribution in [-0.4, -0.2) is 18.3 Å². The first kappa shape index (κ1) is 15.8. The second-order valence-electron chi connectivity index (χ2n) is 4.72. The van der Waals surface area contributed by atoms with Crippen LogP contribution in [0.1, 0.15) is 28.8 Å². The predicted molar refractivity (Wildman–Crippen MR) is 87.3 cm³/mol. The normalized spacial score (nSPS) is 10.1. The number of aryl methyl sites for hydroxylation is 1. The largest absolute Gasteiger partial charge is 0.395 e. The van der Waals surface area contributed by atoms with Crippen LogP contribution in [0.3, 0.4) is 0 Å². The molecule has 0 unspecified atom stereocenters. The van der Waals surface area contributed by atoms with Gasteiger partial charge in [-0.2, -0.15) is 0 Å². The molecule has 1 aromatic heterocycles. The van der Waals surface area contributed by atoms with Crippen LogP contribution in [0.2, 0.25) is 0 Å². The van der Waals surface area contributed by atoms with Crippen molar-refractivity contribution in [1.82, 2.24) is 0 Å². The van der Waals surface area contributed by atoms with Gasteiger partial charge in [-0.15, -0.1) is 11.3 Å².